The SMILES string of the molecule is CN1CCC(CSc2ccc(Oc3ccc(Cl)cc3)cc2)(C(=O)NO)CC1. The highest BCUT2D eigenvalue weighted by molar-refractivity contribution is 7.99. The summed E-state index contributed by atoms with van der Waals surface area (Å²) in [6, 6.07) is 15.0. The molecular weight excluding hydrogens is 384 g/mol. The molecule has 144 valence electrons. The van der Waals surface area contributed by atoms with E-state index in [2.05, 4.69) is 4.90 Å². The second-order valence-electron chi connectivity index (χ2n) is 6.84. The van der Waals surface area contributed by atoms with Gasteiger partial charge in [0.1, 0.15) is 11.5 Å². The molecule has 1 aliphatic rings. The molecule has 5 nitrogen and oxygen atoms in total. The van der Waals surface area contributed by atoms with Gasteiger partial charge < -0.3 is 9.64 Å². The number of carbonyl (C=O) groups is 1. The van der Waals surface area contributed by atoms with Gasteiger partial charge in [-0.3, -0.25) is 10.0 Å². The van der Waals surface area contributed by atoms with Crippen LogP contribution in [0.25, 0.3) is 0 Å². The minimum absolute atomic E-state index is 0.286. The van der Waals surface area contributed by atoms with Crippen LogP contribution in [0.4, 0.5) is 0 Å². The number of carbonyl (C=O) groups excluding carboxylic acids is 1. The quantitative estimate of drug-likeness (QED) is 0.422. The second kappa shape index (κ2) is 8.97. The number of hydroxylamine groups is 1. The first-order valence-electron chi connectivity index (χ1n) is 8.80. The summed E-state index contributed by atoms with van der Waals surface area (Å²) in [5.41, 5.74) is 1.33. The lowest BCUT2D eigenvalue weighted by Crippen LogP contribution is -2.48. The van der Waals surface area contributed by atoms with Crippen LogP contribution in [0.15, 0.2) is 53.4 Å². The van der Waals surface area contributed by atoms with Crippen LogP contribution in [0.3, 0.4) is 0 Å². The highest BCUT2D eigenvalue weighted by Gasteiger charge is 2.40. The summed E-state index contributed by atoms with van der Waals surface area (Å²) < 4.78 is 5.80. The third-order valence-electron chi connectivity index (χ3n) is 4.92. The van der Waals surface area contributed by atoms with Crippen LogP contribution in [0.2, 0.25) is 5.02 Å². The predicted octanol–water partition coefficient (Wildman–Crippen LogP) is 4.44. The molecule has 1 amide bonds. The first-order chi connectivity index (χ1) is 13.0. The van der Waals surface area contributed by atoms with Crippen molar-refractivity contribution in [1.29, 1.82) is 0 Å². The Morgan fingerprint density at radius 3 is 2.26 bits per heavy atom. The summed E-state index contributed by atoms with van der Waals surface area (Å²) in [5.74, 6) is 1.81. The molecule has 1 heterocycles. The van der Waals surface area contributed by atoms with Crippen molar-refractivity contribution in [3.8, 4) is 11.5 Å². The van der Waals surface area contributed by atoms with Crippen LogP contribution in [0.5, 0.6) is 11.5 Å². The third kappa shape index (κ3) is 5.17. The van der Waals surface area contributed by atoms with Gasteiger partial charge in [-0.25, -0.2) is 5.48 Å². The second-order valence-corrected chi connectivity index (χ2v) is 8.33. The molecular formula is C20H23ClN2O3S. The van der Waals surface area contributed by atoms with E-state index in [9.17, 15) is 4.79 Å². The molecule has 1 saturated heterocycles. The van der Waals surface area contributed by atoms with E-state index in [1.165, 1.54) is 0 Å². The fraction of sp³-hybridized carbons (Fsp3) is 0.350. The van der Waals surface area contributed by atoms with Gasteiger partial charge in [0.15, 0.2) is 0 Å². The number of amides is 1. The molecule has 2 N–H and O–H groups in total. The van der Waals surface area contributed by atoms with Crippen molar-refractivity contribution in [2.75, 3.05) is 25.9 Å². The van der Waals surface area contributed by atoms with Crippen molar-refractivity contribution in [2.45, 2.75) is 17.7 Å². The Morgan fingerprint density at radius 1 is 1.15 bits per heavy atom. The maximum absolute atomic E-state index is 12.3. The number of thioether (sulfide) groups is 1. The number of halogens is 1. The van der Waals surface area contributed by atoms with Crippen molar-refractivity contribution >= 4 is 29.3 Å². The summed E-state index contributed by atoms with van der Waals surface area (Å²) in [5, 5.41) is 9.83. The van der Waals surface area contributed by atoms with E-state index in [0.717, 1.165) is 42.3 Å². The van der Waals surface area contributed by atoms with Crippen LogP contribution >= 0.6 is 23.4 Å². The molecule has 1 aliphatic heterocycles. The van der Waals surface area contributed by atoms with Gasteiger partial charge in [0.25, 0.3) is 0 Å². The fourth-order valence-corrected chi connectivity index (χ4v) is 4.38. The molecule has 0 bridgehead atoms. The van der Waals surface area contributed by atoms with E-state index in [1.807, 2.05) is 48.9 Å². The van der Waals surface area contributed by atoms with Crippen LogP contribution < -0.4 is 10.2 Å². The molecule has 0 spiro atoms. The molecule has 0 aliphatic carbocycles. The molecule has 0 unspecified atom stereocenters. The van der Waals surface area contributed by atoms with Crippen LogP contribution in [-0.4, -0.2) is 41.9 Å². The molecule has 2 aromatic carbocycles. The number of hydrogen-bond acceptors (Lipinski definition) is 5. The van der Waals surface area contributed by atoms with Crippen molar-refractivity contribution in [1.82, 2.24) is 10.4 Å². The van der Waals surface area contributed by atoms with Gasteiger partial charge in [0.05, 0.1) is 5.41 Å². The Kier molecular flexibility index (Phi) is 6.65. The molecule has 0 aromatic heterocycles. The zero-order valence-electron chi connectivity index (χ0n) is 15.2. The Morgan fingerprint density at radius 2 is 1.70 bits per heavy atom. The zero-order valence-corrected chi connectivity index (χ0v) is 16.7. The minimum atomic E-state index is -0.537. The number of likely N-dealkylation sites (tertiary alicyclic amines) is 1. The zero-order chi connectivity index (χ0) is 19.3. The predicted molar refractivity (Wildman–Crippen MR) is 108 cm³/mol. The average molecular weight is 407 g/mol. The largest absolute Gasteiger partial charge is 0.457 e. The summed E-state index contributed by atoms with van der Waals surface area (Å²) in [7, 11) is 2.05. The van der Waals surface area contributed by atoms with E-state index in [4.69, 9.17) is 21.5 Å². The first-order valence-corrected chi connectivity index (χ1v) is 10.2. The topological polar surface area (TPSA) is 61.8 Å². The van der Waals surface area contributed by atoms with Crippen LogP contribution in [0.1, 0.15) is 12.8 Å². The van der Waals surface area contributed by atoms with Crippen LogP contribution in [-0.2, 0) is 4.79 Å². The molecule has 27 heavy (non-hydrogen) atoms. The summed E-state index contributed by atoms with van der Waals surface area (Å²) in [6.45, 7) is 1.70. The van der Waals surface area contributed by atoms with Gasteiger partial charge in [-0.05, 0) is 81.5 Å². The van der Waals surface area contributed by atoms with Crippen molar-refractivity contribution in [3.05, 3.63) is 53.6 Å². The van der Waals surface area contributed by atoms with E-state index < -0.39 is 5.41 Å². The van der Waals surface area contributed by atoms with Gasteiger partial charge in [-0.15, -0.1) is 11.8 Å². The molecule has 0 saturated carbocycles. The molecule has 1 fully saturated rings. The number of nitrogens with one attached hydrogen (secondary N) is 1. The van der Waals surface area contributed by atoms with Crippen molar-refractivity contribution in [2.24, 2.45) is 5.41 Å². The minimum Gasteiger partial charge on any atom is -0.457 e. The molecule has 3 rings (SSSR count). The van der Waals surface area contributed by atoms with Gasteiger partial charge in [0.2, 0.25) is 5.91 Å². The Balaban J connectivity index is 1.61. The smallest absolute Gasteiger partial charge is 0.250 e. The van der Waals surface area contributed by atoms with Gasteiger partial charge >= 0.3 is 0 Å². The highest BCUT2D eigenvalue weighted by atomic mass is 35.5. The lowest BCUT2D eigenvalue weighted by atomic mass is 9.79. The van der Waals surface area contributed by atoms with E-state index in [1.54, 1.807) is 23.9 Å². The van der Waals surface area contributed by atoms with E-state index in [-0.39, 0.29) is 5.91 Å². The number of rotatable bonds is 6. The Bertz CT molecular complexity index is 760. The first kappa shape index (κ1) is 20.0. The summed E-state index contributed by atoms with van der Waals surface area (Å²) >= 11 is 7.51. The van der Waals surface area contributed by atoms with Gasteiger partial charge in [-0.1, -0.05) is 11.6 Å². The average Bonchev–Trinajstić information content (AvgIpc) is 2.70. The summed E-state index contributed by atoms with van der Waals surface area (Å²) in [4.78, 5) is 15.5. The lowest BCUT2D eigenvalue weighted by Gasteiger charge is -2.38. The molecule has 2 aromatic rings. The highest BCUT2D eigenvalue weighted by Crippen LogP contribution is 2.37. The number of nitrogens with zero attached hydrogens (tertiary/aromatic N) is 1. The van der Waals surface area contributed by atoms with Gasteiger partial charge in [-0.2, -0.15) is 0 Å². The summed E-state index contributed by atoms with van der Waals surface area (Å²) in [6.07, 6.45) is 1.47. The number of benzene rings is 2. The third-order valence-corrected chi connectivity index (χ3v) is 6.47. The fourth-order valence-electron chi connectivity index (χ4n) is 3.07. The monoisotopic (exact) mass is 406 g/mol. The maximum atomic E-state index is 12.3. The maximum Gasteiger partial charge on any atom is 0.250 e. The van der Waals surface area contributed by atoms with Crippen molar-refractivity contribution < 1.29 is 14.7 Å². The number of ether oxygens (including phenoxy) is 1. The normalized spacial score (nSPS) is 16.7. The lowest BCUT2D eigenvalue weighted by molar-refractivity contribution is -0.141. The number of piperidine rings is 1. The van der Waals surface area contributed by atoms with Crippen molar-refractivity contribution in [3.63, 3.8) is 0 Å². The number of hydrogen-bond donors (Lipinski definition) is 2. The van der Waals surface area contributed by atoms with Gasteiger partial charge in [0, 0.05) is 15.7 Å². The molecule has 0 atom stereocenters. The Hall–Kier alpha value is -1.73. The molecule has 7 heteroatoms. The van der Waals surface area contributed by atoms with E-state index >= 15 is 0 Å². The van der Waals surface area contributed by atoms with E-state index in [0.29, 0.717) is 10.8 Å². The molecule has 0 radical (unpaired) electrons. The standard InChI is InChI=1S/C20H23ClN2O3S/c1-23-12-10-20(11-13-23,19(24)22-25)14-27-18-8-6-17(7-9-18)26-16-4-2-15(21)3-5-16/h2-9,25H,10-14H2,1H3,(H,22,24). The Labute approximate surface area is 168 Å². The van der Waals surface area contributed by atoms with Crippen LogP contribution in [0, 0.1) is 5.41 Å².